The summed E-state index contributed by atoms with van der Waals surface area (Å²) < 4.78 is 0.934. The number of halogens is 1. The van der Waals surface area contributed by atoms with Crippen molar-refractivity contribution in [3.8, 4) is 0 Å². The molecule has 1 saturated carbocycles. The summed E-state index contributed by atoms with van der Waals surface area (Å²) in [6.07, 6.45) is 5.08. The Kier molecular flexibility index (Phi) is 3.31. The predicted octanol–water partition coefficient (Wildman–Crippen LogP) is 3.74. The summed E-state index contributed by atoms with van der Waals surface area (Å²) in [5.74, 6) is 3.45. The first-order valence-corrected chi connectivity index (χ1v) is 7.75. The molecule has 4 heteroatoms. The summed E-state index contributed by atoms with van der Waals surface area (Å²) in [4.78, 5) is 11.8. The molecular formula is C14H20BrN3. The Morgan fingerprint density at radius 3 is 2.72 bits per heavy atom. The quantitative estimate of drug-likeness (QED) is 0.796. The Labute approximate surface area is 117 Å². The maximum absolute atomic E-state index is 4.80. The average molecular weight is 310 g/mol. The van der Waals surface area contributed by atoms with Crippen LogP contribution in [0.1, 0.15) is 51.3 Å². The minimum atomic E-state index is 0.612. The second-order valence-corrected chi connectivity index (χ2v) is 6.64. The lowest BCUT2D eigenvalue weighted by Gasteiger charge is -2.29. The van der Waals surface area contributed by atoms with Gasteiger partial charge >= 0.3 is 0 Å². The molecule has 1 aromatic rings. The highest BCUT2D eigenvalue weighted by atomic mass is 79.9. The number of hydrogen-bond donors (Lipinski definition) is 0. The zero-order valence-corrected chi connectivity index (χ0v) is 12.7. The first kappa shape index (κ1) is 12.4. The Balaban J connectivity index is 1.90. The lowest BCUT2D eigenvalue weighted by molar-refractivity contribution is 0.489. The maximum atomic E-state index is 4.80. The molecule has 2 heterocycles. The van der Waals surface area contributed by atoms with Gasteiger partial charge < -0.3 is 4.90 Å². The lowest BCUT2D eigenvalue weighted by Crippen LogP contribution is -2.34. The van der Waals surface area contributed by atoms with E-state index < -0.39 is 0 Å². The lowest BCUT2D eigenvalue weighted by atomic mass is 10.0. The molecule has 0 bridgehead atoms. The van der Waals surface area contributed by atoms with Crippen molar-refractivity contribution in [3.05, 3.63) is 16.5 Å². The Hall–Kier alpha value is -0.640. The third kappa shape index (κ3) is 2.40. The molecular weight excluding hydrogens is 290 g/mol. The highest BCUT2D eigenvalue weighted by Gasteiger charge is 2.31. The molecule has 3 rings (SSSR count). The van der Waals surface area contributed by atoms with E-state index in [-0.39, 0.29) is 0 Å². The molecule has 0 N–H and O–H groups in total. The zero-order chi connectivity index (χ0) is 12.7. The van der Waals surface area contributed by atoms with Crippen LogP contribution < -0.4 is 4.90 Å². The molecule has 2 aliphatic rings. The monoisotopic (exact) mass is 309 g/mol. The highest BCUT2D eigenvalue weighted by Crippen LogP contribution is 2.39. The van der Waals surface area contributed by atoms with Crippen molar-refractivity contribution in [3.63, 3.8) is 0 Å². The molecule has 18 heavy (non-hydrogen) atoms. The van der Waals surface area contributed by atoms with Crippen LogP contribution in [0.15, 0.2) is 10.7 Å². The first-order valence-electron chi connectivity index (χ1n) is 6.96. The summed E-state index contributed by atoms with van der Waals surface area (Å²) in [7, 11) is 0. The van der Waals surface area contributed by atoms with E-state index in [0.29, 0.717) is 17.9 Å². The van der Waals surface area contributed by atoms with Gasteiger partial charge in [-0.3, -0.25) is 0 Å². The summed E-state index contributed by atoms with van der Waals surface area (Å²) in [6.45, 7) is 5.75. The first-order chi connectivity index (χ1) is 8.65. The number of aromatic nitrogens is 2. The highest BCUT2D eigenvalue weighted by molar-refractivity contribution is 9.10. The largest absolute Gasteiger partial charge is 0.353 e. The van der Waals surface area contributed by atoms with Gasteiger partial charge in [-0.25, -0.2) is 9.97 Å². The van der Waals surface area contributed by atoms with Gasteiger partial charge in [0.25, 0.3) is 0 Å². The molecule has 0 amide bonds. The van der Waals surface area contributed by atoms with Gasteiger partial charge in [0.2, 0.25) is 0 Å². The maximum Gasteiger partial charge on any atom is 0.135 e. The van der Waals surface area contributed by atoms with E-state index in [0.717, 1.165) is 22.8 Å². The molecule has 0 aromatic carbocycles. The third-order valence-corrected chi connectivity index (χ3v) is 4.41. The fourth-order valence-corrected chi connectivity index (χ4v) is 3.25. The van der Waals surface area contributed by atoms with Crippen LogP contribution in [-0.4, -0.2) is 22.6 Å². The molecule has 1 aliphatic heterocycles. The molecule has 3 nitrogen and oxygen atoms in total. The van der Waals surface area contributed by atoms with Gasteiger partial charge in [-0.05, 0) is 47.5 Å². The van der Waals surface area contributed by atoms with Gasteiger partial charge in [0.05, 0.1) is 0 Å². The molecule has 1 saturated heterocycles. The van der Waals surface area contributed by atoms with E-state index in [1.54, 1.807) is 0 Å². The van der Waals surface area contributed by atoms with Crippen molar-refractivity contribution in [2.45, 2.75) is 51.5 Å². The van der Waals surface area contributed by atoms with E-state index in [9.17, 15) is 0 Å². The van der Waals surface area contributed by atoms with E-state index in [1.165, 1.54) is 25.7 Å². The fourth-order valence-electron chi connectivity index (χ4n) is 2.86. The zero-order valence-electron chi connectivity index (χ0n) is 11.1. The van der Waals surface area contributed by atoms with Crippen LogP contribution in [0.3, 0.4) is 0 Å². The van der Waals surface area contributed by atoms with Gasteiger partial charge in [-0.15, -0.1) is 0 Å². The van der Waals surface area contributed by atoms with Crippen molar-refractivity contribution in [2.24, 2.45) is 5.92 Å². The third-order valence-electron chi connectivity index (χ3n) is 4.00. The van der Waals surface area contributed by atoms with Crippen LogP contribution >= 0.6 is 15.9 Å². The van der Waals surface area contributed by atoms with Crippen LogP contribution in [0, 0.1) is 5.92 Å². The topological polar surface area (TPSA) is 29.0 Å². The van der Waals surface area contributed by atoms with Gasteiger partial charge in [0.1, 0.15) is 16.2 Å². The summed E-state index contributed by atoms with van der Waals surface area (Å²) in [6, 6.07) is 2.71. The fraction of sp³-hybridized carbons (Fsp3) is 0.714. The minimum absolute atomic E-state index is 0.612. The van der Waals surface area contributed by atoms with Crippen LogP contribution in [0.4, 0.5) is 5.82 Å². The van der Waals surface area contributed by atoms with E-state index in [1.807, 2.05) is 0 Å². The molecule has 1 aliphatic carbocycles. The SMILES string of the molecule is CC(C)C1CCCN1c1cc(Br)nc(C2CC2)n1. The number of anilines is 1. The summed E-state index contributed by atoms with van der Waals surface area (Å²) in [5.41, 5.74) is 0. The molecule has 2 fully saturated rings. The molecule has 0 radical (unpaired) electrons. The predicted molar refractivity (Wildman–Crippen MR) is 76.9 cm³/mol. The van der Waals surface area contributed by atoms with Gasteiger partial charge in [-0.2, -0.15) is 0 Å². The molecule has 98 valence electrons. The van der Waals surface area contributed by atoms with E-state index >= 15 is 0 Å². The van der Waals surface area contributed by atoms with Crippen molar-refractivity contribution in [2.75, 3.05) is 11.4 Å². The summed E-state index contributed by atoms with van der Waals surface area (Å²) in [5, 5.41) is 0. The second kappa shape index (κ2) is 4.80. The van der Waals surface area contributed by atoms with Crippen LogP contribution in [0.2, 0.25) is 0 Å². The Morgan fingerprint density at radius 2 is 2.06 bits per heavy atom. The van der Waals surface area contributed by atoms with E-state index in [2.05, 4.69) is 45.7 Å². The Bertz CT molecular complexity index is 443. The standard InChI is InChI=1S/C14H20BrN3/c1-9(2)11-4-3-7-18(11)13-8-12(15)16-14(17-13)10-5-6-10/h8-11H,3-7H2,1-2H3. The average Bonchev–Trinajstić information content (AvgIpc) is 3.05. The number of nitrogens with zero attached hydrogens (tertiary/aromatic N) is 3. The van der Waals surface area contributed by atoms with Crippen molar-refractivity contribution >= 4 is 21.7 Å². The van der Waals surface area contributed by atoms with Gasteiger partial charge in [-0.1, -0.05) is 13.8 Å². The Morgan fingerprint density at radius 1 is 1.28 bits per heavy atom. The molecule has 1 aromatic heterocycles. The minimum Gasteiger partial charge on any atom is -0.353 e. The smallest absolute Gasteiger partial charge is 0.135 e. The second-order valence-electron chi connectivity index (χ2n) is 5.83. The van der Waals surface area contributed by atoms with Gasteiger partial charge in [0, 0.05) is 24.6 Å². The van der Waals surface area contributed by atoms with Crippen LogP contribution in [0.5, 0.6) is 0 Å². The van der Waals surface area contributed by atoms with Gasteiger partial charge in [0.15, 0.2) is 0 Å². The van der Waals surface area contributed by atoms with E-state index in [4.69, 9.17) is 4.98 Å². The number of hydrogen-bond acceptors (Lipinski definition) is 3. The van der Waals surface area contributed by atoms with Crippen molar-refractivity contribution < 1.29 is 0 Å². The molecule has 1 atom stereocenters. The normalized spacial score (nSPS) is 24.0. The summed E-state index contributed by atoms with van der Waals surface area (Å²) >= 11 is 3.54. The molecule has 0 spiro atoms. The van der Waals surface area contributed by atoms with Crippen molar-refractivity contribution in [1.29, 1.82) is 0 Å². The number of rotatable bonds is 3. The van der Waals surface area contributed by atoms with Crippen molar-refractivity contribution in [1.82, 2.24) is 9.97 Å². The van der Waals surface area contributed by atoms with Crippen LogP contribution in [-0.2, 0) is 0 Å². The molecule has 1 unspecified atom stereocenters. The van der Waals surface area contributed by atoms with Crippen LogP contribution in [0.25, 0.3) is 0 Å².